The molecule has 32 heavy (non-hydrogen) atoms. The second kappa shape index (κ2) is 9.31. The molecule has 2 aromatic rings. The number of nitro groups is 1. The van der Waals surface area contributed by atoms with E-state index in [0.29, 0.717) is 5.56 Å². The van der Waals surface area contributed by atoms with E-state index in [-0.39, 0.29) is 42.0 Å². The van der Waals surface area contributed by atoms with Crippen LogP contribution in [0.3, 0.4) is 0 Å². The average Bonchev–Trinajstić information content (AvgIpc) is 3.27. The van der Waals surface area contributed by atoms with Crippen LogP contribution < -0.4 is 5.32 Å². The third-order valence-corrected chi connectivity index (χ3v) is 8.59. The van der Waals surface area contributed by atoms with E-state index in [0.717, 1.165) is 4.88 Å². The number of carbonyl (C=O) groups is 3. The van der Waals surface area contributed by atoms with Crippen LogP contribution in [0.4, 0.5) is 10.5 Å². The van der Waals surface area contributed by atoms with E-state index in [2.05, 4.69) is 5.32 Å². The number of ether oxygens (including phenoxy) is 1. The van der Waals surface area contributed by atoms with Crippen LogP contribution in [0.5, 0.6) is 0 Å². The van der Waals surface area contributed by atoms with E-state index in [1.54, 1.807) is 0 Å². The lowest BCUT2D eigenvalue weighted by molar-refractivity contribution is -0.384. The van der Waals surface area contributed by atoms with Crippen molar-refractivity contribution in [2.45, 2.75) is 30.2 Å². The molecule has 0 radical (unpaired) electrons. The molecule has 2 aliphatic heterocycles. The minimum atomic E-state index is -1.21. The van der Waals surface area contributed by atoms with Crippen LogP contribution in [0.25, 0.3) is 0 Å². The Morgan fingerprint density at radius 1 is 1.31 bits per heavy atom. The maximum absolute atomic E-state index is 13.0. The molecule has 4 rings (SSSR count). The van der Waals surface area contributed by atoms with Gasteiger partial charge in [0.2, 0.25) is 22.6 Å². The van der Waals surface area contributed by atoms with Gasteiger partial charge in [0, 0.05) is 23.2 Å². The second-order valence-corrected chi connectivity index (χ2v) is 10.6. The molecular formula is C20H17ClN3O6S2+. The summed E-state index contributed by atoms with van der Waals surface area (Å²) in [4.78, 5) is 50.0. The van der Waals surface area contributed by atoms with Gasteiger partial charge in [0.25, 0.3) is 5.69 Å². The molecule has 0 aliphatic carbocycles. The molecule has 1 N–H and O–H groups in total. The lowest BCUT2D eigenvalue weighted by atomic mass is 10.2. The van der Waals surface area contributed by atoms with E-state index >= 15 is 0 Å². The summed E-state index contributed by atoms with van der Waals surface area (Å²) in [6.07, 6.45) is 1.77. The van der Waals surface area contributed by atoms with Crippen LogP contribution in [0.2, 0.25) is 0 Å². The first kappa shape index (κ1) is 22.3. The van der Waals surface area contributed by atoms with Crippen molar-refractivity contribution in [2.75, 3.05) is 0 Å². The van der Waals surface area contributed by atoms with E-state index in [4.69, 9.17) is 16.3 Å². The van der Waals surface area contributed by atoms with Gasteiger partial charge in [-0.05, 0) is 29.1 Å². The number of amides is 2. The standard InChI is InChI=1S/C20H16ClN3O6S2/c21-15-10-23-17(26)9-18(23)32(19(15)22-16(25)8-14-2-1-7-31-14)20(27)30-11-12-3-5-13(6-4-12)24(28)29/h1-7,10,18-19H,8-9,11H2/p+1/t18-,19?,32?/m1/s1. The summed E-state index contributed by atoms with van der Waals surface area (Å²) in [5.74, 6) is -0.444. The average molecular weight is 495 g/mol. The van der Waals surface area contributed by atoms with Crippen LogP contribution in [-0.2, 0) is 38.2 Å². The van der Waals surface area contributed by atoms with Crippen LogP contribution >= 0.6 is 22.9 Å². The fourth-order valence-corrected chi connectivity index (χ4v) is 6.66. The molecule has 1 fully saturated rings. The van der Waals surface area contributed by atoms with E-state index in [1.165, 1.54) is 46.7 Å². The molecule has 12 heteroatoms. The quantitative estimate of drug-likeness (QED) is 0.216. The number of nitro benzene ring substituents is 1. The zero-order chi connectivity index (χ0) is 22.8. The first-order chi connectivity index (χ1) is 15.3. The number of carbonyl (C=O) groups excluding carboxylic acids is 3. The molecule has 0 bridgehead atoms. The van der Waals surface area contributed by atoms with Gasteiger partial charge < -0.3 is 10.1 Å². The first-order valence-corrected chi connectivity index (χ1v) is 12.1. The Balaban J connectivity index is 1.47. The van der Waals surface area contributed by atoms with Crippen LogP contribution in [0.1, 0.15) is 16.9 Å². The number of hydrogen-bond donors (Lipinski definition) is 1. The summed E-state index contributed by atoms with van der Waals surface area (Å²) >= 11 is 7.81. The van der Waals surface area contributed by atoms with E-state index in [1.807, 2.05) is 17.5 Å². The third-order valence-electron chi connectivity index (χ3n) is 4.91. The van der Waals surface area contributed by atoms with Gasteiger partial charge in [-0.25, -0.2) is 0 Å². The Labute approximate surface area is 194 Å². The molecule has 2 amide bonds. The normalized spacial score (nSPS) is 21.8. The maximum Gasteiger partial charge on any atom is 0.530 e. The highest BCUT2D eigenvalue weighted by molar-refractivity contribution is 8.11. The SMILES string of the molecule is O=C(Cc1cccs1)NC1C(Cl)=CN2C(=O)C[C@H]2[S+]1C(=O)OCc1ccc([N+](=O)[O-])cc1. The predicted octanol–water partition coefficient (Wildman–Crippen LogP) is 3.25. The molecule has 9 nitrogen and oxygen atoms in total. The van der Waals surface area contributed by atoms with Gasteiger partial charge in [0.1, 0.15) is 11.6 Å². The largest absolute Gasteiger partial charge is 0.530 e. The van der Waals surface area contributed by atoms with Gasteiger partial charge in [0.15, 0.2) is 10.9 Å². The zero-order valence-corrected chi connectivity index (χ0v) is 18.8. The molecule has 1 aromatic carbocycles. The highest BCUT2D eigenvalue weighted by atomic mass is 35.5. The molecule has 3 atom stereocenters. The van der Waals surface area contributed by atoms with Gasteiger partial charge >= 0.3 is 5.30 Å². The number of halogens is 1. The van der Waals surface area contributed by atoms with Gasteiger partial charge in [0.05, 0.1) is 17.8 Å². The minimum Gasteiger partial charge on any atom is -0.421 e. The van der Waals surface area contributed by atoms with Crippen molar-refractivity contribution in [3.63, 3.8) is 0 Å². The Kier molecular flexibility index (Phi) is 6.49. The minimum absolute atomic E-state index is 0.0664. The van der Waals surface area contributed by atoms with Crippen LogP contribution in [0, 0.1) is 10.1 Å². The summed E-state index contributed by atoms with van der Waals surface area (Å²) in [5.41, 5.74) is 0.509. The fourth-order valence-electron chi connectivity index (χ4n) is 3.28. The highest BCUT2D eigenvalue weighted by Gasteiger charge is 2.61. The van der Waals surface area contributed by atoms with Crippen molar-refractivity contribution in [3.05, 3.63) is 73.6 Å². The lowest BCUT2D eigenvalue weighted by Crippen LogP contribution is -2.63. The summed E-state index contributed by atoms with van der Waals surface area (Å²) in [6, 6.07) is 9.34. The van der Waals surface area contributed by atoms with Gasteiger partial charge in [-0.15, -0.1) is 11.3 Å². The number of nitrogens with zero attached hydrogens (tertiary/aromatic N) is 2. The molecule has 2 unspecified atom stereocenters. The number of fused-ring (bicyclic) bond motifs is 1. The number of nitrogens with one attached hydrogen (secondary N) is 1. The van der Waals surface area contributed by atoms with E-state index in [9.17, 15) is 24.5 Å². The molecular weight excluding hydrogens is 478 g/mol. The molecule has 3 heterocycles. The second-order valence-electron chi connectivity index (χ2n) is 7.01. The van der Waals surface area contributed by atoms with Crippen molar-refractivity contribution in [1.82, 2.24) is 10.2 Å². The number of benzene rings is 1. The molecule has 1 saturated heterocycles. The fraction of sp³-hybridized carbons (Fsp3) is 0.250. The summed E-state index contributed by atoms with van der Waals surface area (Å²) in [7, 11) is -1.21. The van der Waals surface area contributed by atoms with Gasteiger partial charge in [-0.1, -0.05) is 17.7 Å². The van der Waals surface area contributed by atoms with Crippen molar-refractivity contribution < 1.29 is 24.0 Å². The van der Waals surface area contributed by atoms with Gasteiger partial charge in [-0.2, -0.15) is 4.79 Å². The Morgan fingerprint density at radius 3 is 2.69 bits per heavy atom. The van der Waals surface area contributed by atoms with Crippen LogP contribution in [-0.4, -0.2) is 37.7 Å². The number of thiophene rings is 1. The number of hydrogen-bond acceptors (Lipinski definition) is 7. The molecule has 1 aromatic heterocycles. The number of non-ortho nitro benzene ring substituents is 1. The molecule has 0 spiro atoms. The summed E-state index contributed by atoms with van der Waals surface area (Å²) < 4.78 is 5.45. The lowest BCUT2D eigenvalue weighted by Gasteiger charge is -2.40. The molecule has 166 valence electrons. The monoisotopic (exact) mass is 494 g/mol. The Hall–Kier alpha value is -2.89. The topological polar surface area (TPSA) is 119 Å². The Bertz CT molecular complexity index is 1090. The smallest absolute Gasteiger partial charge is 0.421 e. The number of β-lactam (4-membered cyclic amide) rings is 1. The van der Waals surface area contributed by atoms with Crippen molar-refractivity contribution in [2.24, 2.45) is 0 Å². The summed E-state index contributed by atoms with van der Waals surface area (Å²) in [5, 5.41) is 13.8. The van der Waals surface area contributed by atoms with Crippen molar-refractivity contribution >= 4 is 56.6 Å². The van der Waals surface area contributed by atoms with Crippen molar-refractivity contribution in [1.29, 1.82) is 0 Å². The van der Waals surface area contributed by atoms with E-state index < -0.39 is 31.9 Å². The Morgan fingerprint density at radius 2 is 2.06 bits per heavy atom. The predicted molar refractivity (Wildman–Crippen MR) is 120 cm³/mol. The molecule has 2 aliphatic rings. The third kappa shape index (κ3) is 4.64. The first-order valence-electron chi connectivity index (χ1n) is 9.45. The number of rotatable bonds is 6. The zero-order valence-electron chi connectivity index (χ0n) is 16.4. The molecule has 0 saturated carbocycles. The summed E-state index contributed by atoms with van der Waals surface area (Å²) in [6.45, 7) is -0.0990. The van der Waals surface area contributed by atoms with Crippen molar-refractivity contribution in [3.8, 4) is 0 Å². The maximum atomic E-state index is 13.0. The highest BCUT2D eigenvalue weighted by Crippen LogP contribution is 2.38. The van der Waals surface area contributed by atoms with Gasteiger partial charge in [-0.3, -0.25) is 24.6 Å². The van der Waals surface area contributed by atoms with Crippen LogP contribution in [0.15, 0.2) is 53.0 Å².